The molecule has 1 aliphatic heterocycles. The largest absolute Gasteiger partial charge is 0.375 e. The summed E-state index contributed by atoms with van der Waals surface area (Å²) >= 11 is 0. The standard InChI is InChI=1S/C17H32N2O2/c1-13(2)14-4-6-15(7-5-14)18-16-8-10-19(11-9-16)17(20)12-21-3/h13-16,18H,4-12H2,1-3H3. The summed E-state index contributed by atoms with van der Waals surface area (Å²) in [6.45, 7) is 6.68. The topological polar surface area (TPSA) is 41.6 Å². The van der Waals surface area contributed by atoms with Crippen molar-refractivity contribution in [2.45, 2.75) is 64.5 Å². The van der Waals surface area contributed by atoms with E-state index in [0.29, 0.717) is 12.1 Å². The van der Waals surface area contributed by atoms with Gasteiger partial charge in [0.05, 0.1) is 0 Å². The molecule has 0 radical (unpaired) electrons. The first-order valence-electron chi connectivity index (χ1n) is 8.63. The Morgan fingerprint density at radius 3 is 2.19 bits per heavy atom. The van der Waals surface area contributed by atoms with Crippen molar-refractivity contribution in [2.24, 2.45) is 11.8 Å². The molecule has 1 saturated heterocycles. The Bertz CT molecular complexity index is 317. The van der Waals surface area contributed by atoms with Crippen molar-refractivity contribution in [2.75, 3.05) is 26.8 Å². The van der Waals surface area contributed by atoms with Crippen molar-refractivity contribution < 1.29 is 9.53 Å². The molecular weight excluding hydrogens is 264 g/mol. The van der Waals surface area contributed by atoms with Gasteiger partial charge in [-0.2, -0.15) is 0 Å². The number of nitrogens with one attached hydrogen (secondary N) is 1. The highest BCUT2D eigenvalue weighted by Crippen LogP contribution is 2.30. The minimum Gasteiger partial charge on any atom is -0.375 e. The highest BCUT2D eigenvalue weighted by atomic mass is 16.5. The zero-order chi connectivity index (χ0) is 15.2. The van der Waals surface area contributed by atoms with Crippen LogP contribution in [0.15, 0.2) is 0 Å². The van der Waals surface area contributed by atoms with Crippen molar-refractivity contribution >= 4 is 5.91 Å². The van der Waals surface area contributed by atoms with E-state index in [4.69, 9.17) is 4.74 Å². The third-order valence-electron chi connectivity index (χ3n) is 5.30. The van der Waals surface area contributed by atoms with Gasteiger partial charge in [-0.25, -0.2) is 0 Å². The van der Waals surface area contributed by atoms with Crippen LogP contribution in [0.1, 0.15) is 52.4 Å². The lowest BCUT2D eigenvalue weighted by Crippen LogP contribution is -2.49. The fourth-order valence-corrected chi connectivity index (χ4v) is 3.80. The molecule has 2 fully saturated rings. The van der Waals surface area contributed by atoms with Gasteiger partial charge in [-0.15, -0.1) is 0 Å². The van der Waals surface area contributed by atoms with Crippen LogP contribution in [0.25, 0.3) is 0 Å². The fraction of sp³-hybridized carbons (Fsp3) is 0.941. The molecular formula is C17H32N2O2. The van der Waals surface area contributed by atoms with E-state index in [0.717, 1.165) is 37.8 Å². The van der Waals surface area contributed by atoms with Crippen molar-refractivity contribution in [3.63, 3.8) is 0 Å². The lowest BCUT2D eigenvalue weighted by Gasteiger charge is -2.37. The van der Waals surface area contributed by atoms with E-state index in [9.17, 15) is 4.79 Å². The van der Waals surface area contributed by atoms with Crippen LogP contribution in [0.2, 0.25) is 0 Å². The molecule has 0 aromatic heterocycles. The van der Waals surface area contributed by atoms with Crippen molar-refractivity contribution in [1.82, 2.24) is 10.2 Å². The molecule has 1 amide bonds. The summed E-state index contributed by atoms with van der Waals surface area (Å²) in [5, 5.41) is 3.84. The molecule has 0 atom stereocenters. The molecule has 0 spiro atoms. The molecule has 0 bridgehead atoms. The second kappa shape index (κ2) is 8.14. The molecule has 2 rings (SSSR count). The van der Waals surface area contributed by atoms with Gasteiger partial charge in [-0.1, -0.05) is 13.8 Å². The third-order valence-corrected chi connectivity index (χ3v) is 5.30. The number of carbonyl (C=O) groups is 1. The monoisotopic (exact) mass is 296 g/mol. The van der Waals surface area contributed by atoms with Crippen LogP contribution in [-0.4, -0.2) is 49.7 Å². The Morgan fingerprint density at radius 2 is 1.67 bits per heavy atom. The minimum atomic E-state index is 0.133. The van der Waals surface area contributed by atoms with Gasteiger partial charge in [0.1, 0.15) is 6.61 Å². The molecule has 2 aliphatic rings. The van der Waals surface area contributed by atoms with Gasteiger partial charge in [-0.05, 0) is 50.4 Å². The summed E-state index contributed by atoms with van der Waals surface area (Å²) in [6.07, 6.45) is 7.57. The Kier molecular flexibility index (Phi) is 6.49. The summed E-state index contributed by atoms with van der Waals surface area (Å²) in [6, 6.07) is 1.29. The first kappa shape index (κ1) is 16.8. The van der Waals surface area contributed by atoms with Crippen LogP contribution in [0.5, 0.6) is 0 Å². The molecule has 21 heavy (non-hydrogen) atoms. The molecule has 4 heteroatoms. The van der Waals surface area contributed by atoms with Crippen LogP contribution >= 0.6 is 0 Å². The van der Waals surface area contributed by atoms with Gasteiger partial charge in [-0.3, -0.25) is 4.79 Å². The number of rotatable bonds is 5. The van der Waals surface area contributed by atoms with E-state index in [-0.39, 0.29) is 12.5 Å². The molecule has 0 aromatic carbocycles. The predicted molar refractivity (Wildman–Crippen MR) is 85.2 cm³/mol. The number of amides is 1. The van der Waals surface area contributed by atoms with E-state index in [1.807, 2.05) is 4.90 Å². The van der Waals surface area contributed by atoms with Crippen LogP contribution in [0.3, 0.4) is 0 Å². The van der Waals surface area contributed by atoms with Gasteiger partial charge in [0.15, 0.2) is 0 Å². The van der Waals surface area contributed by atoms with E-state index >= 15 is 0 Å². The predicted octanol–water partition coefficient (Wildman–Crippen LogP) is 2.43. The van der Waals surface area contributed by atoms with E-state index in [1.165, 1.54) is 25.7 Å². The highest BCUT2D eigenvalue weighted by molar-refractivity contribution is 5.77. The van der Waals surface area contributed by atoms with Crippen LogP contribution in [-0.2, 0) is 9.53 Å². The normalized spacial score (nSPS) is 28.1. The number of carbonyl (C=O) groups excluding carboxylic acids is 1. The lowest BCUT2D eigenvalue weighted by atomic mass is 9.79. The van der Waals surface area contributed by atoms with Gasteiger partial charge < -0.3 is 15.0 Å². The quantitative estimate of drug-likeness (QED) is 0.847. The number of piperidine rings is 1. The van der Waals surface area contributed by atoms with Gasteiger partial charge >= 0.3 is 0 Å². The average molecular weight is 296 g/mol. The molecule has 1 N–H and O–H groups in total. The minimum absolute atomic E-state index is 0.133. The number of hydrogen-bond acceptors (Lipinski definition) is 3. The first-order valence-corrected chi connectivity index (χ1v) is 8.63. The maximum atomic E-state index is 11.8. The maximum Gasteiger partial charge on any atom is 0.248 e. The van der Waals surface area contributed by atoms with Crippen LogP contribution < -0.4 is 5.32 Å². The molecule has 1 heterocycles. The van der Waals surface area contributed by atoms with Crippen molar-refractivity contribution in [3.8, 4) is 0 Å². The van der Waals surface area contributed by atoms with Crippen molar-refractivity contribution in [1.29, 1.82) is 0 Å². The molecule has 0 unspecified atom stereocenters. The van der Waals surface area contributed by atoms with Gasteiger partial charge in [0, 0.05) is 32.3 Å². The summed E-state index contributed by atoms with van der Waals surface area (Å²) in [7, 11) is 1.58. The second-order valence-corrected chi connectivity index (χ2v) is 7.11. The SMILES string of the molecule is COCC(=O)N1CCC(NC2CCC(C(C)C)CC2)CC1. The summed E-state index contributed by atoms with van der Waals surface area (Å²) in [4.78, 5) is 13.7. The van der Waals surface area contributed by atoms with Crippen molar-refractivity contribution in [3.05, 3.63) is 0 Å². The number of ether oxygens (including phenoxy) is 1. The van der Waals surface area contributed by atoms with E-state index in [1.54, 1.807) is 7.11 Å². The fourth-order valence-electron chi connectivity index (χ4n) is 3.80. The lowest BCUT2D eigenvalue weighted by molar-refractivity contribution is -0.136. The Labute approximate surface area is 129 Å². The van der Waals surface area contributed by atoms with Gasteiger partial charge in [0.2, 0.25) is 5.91 Å². The Hall–Kier alpha value is -0.610. The number of nitrogens with zero attached hydrogens (tertiary/aromatic N) is 1. The molecule has 0 aromatic rings. The summed E-state index contributed by atoms with van der Waals surface area (Å²) < 4.78 is 4.93. The Balaban J connectivity index is 1.66. The smallest absolute Gasteiger partial charge is 0.248 e. The summed E-state index contributed by atoms with van der Waals surface area (Å²) in [5.41, 5.74) is 0. The second-order valence-electron chi connectivity index (χ2n) is 7.11. The molecule has 1 aliphatic carbocycles. The zero-order valence-electron chi connectivity index (χ0n) is 13.9. The van der Waals surface area contributed by atoms with Crippen LogP contribution in [0, 0.1) is 11.8 Å². The molecule has 1 saturated carbocycles. The van der Waals surface area contributed by atoms with E-state index < -0.39 is 0 Å². The highest BCUT2D eigenvalue weighted by Gasteiger charge is 2.27. The Morgan fingerprint density at radius 1 is 1.10 bits per heavy atom. The molecule has 122 valence electrons. The number of likely N-dealkylation sites (tertiary alicyclic amines) is 1. The number of hydrogen-bond donors (Lipinski definition) is 1. The molecule has 4 nitrogen and oxygen atoms in total. The first-order chi connectivity index (χ1) is 10.1. The van der Waals surface area contributed by atoms with Gasteiger partial charge in [0.25, 0.3) is 0 Å². The number of methoxy groups -OCH3 is 1. The van der Waals surface area contributed by atoms with Crippen LogP contribution in [0.4, 0.5) is 0 Å². The zero-order valence-corrected chi connectivity index (χ0v) is 13.9. The maximum absolute atomic E-state index is 11.8. The van der Waals surface area contributed by atoms with E-state index in [2.05, 4.69) is 19.2 Å². The third kappa shape index (κ3) is 4.96. The summed E-state index contributed by atoms with van der Waals surface area (Å²) in [5.74, 6) is 1.89. The average Bonchev–Trinajstić information content (AvgIpc) is 2.49.